The van der Waals surface area contributed by atoms with Crippen molar-refractivity contribution >= 4 is 0 Å². The van der Waals surface area contributed by atoms with E-state index in [-0.39, 0.29) is 0 Å². The monoisotopic (exact) mass is 223 g/mol. The largest absolute Gasteiger partial charge is 0.316 e. The van der Waals surface area contributed by atoms with Crippen LogP contribution < -0.4 is 5.32 Å². The van der Waals surface area contributed by atoms with Crippen molar-refractivity contribution in [3.8, 4) is 0 Å². The Bertz CT molecular complexity index is 278. The SMILES string of the molecule is CC.FC1(Cc2ccccc2)CCNCC1. The van der Waals surface area contributed by atoms with Gasteiger partial charge < -0.3 is 5.32 Å². The molecule has 0 atom stereocenters. The van der Waals surface area contributed by atoms with Crippen LogP contribution in [0.1, 0.15) is 32.3 Å². The number of piperidine rings is 1. The highest BCUT2D eigenvalue weighted by atomic mass is 19.1. The smallest absolute Gasteiger partial charge is 0.117 e. The minimum atomic E-state index is -0.980. The minimum Gasteiger partial charge on any atom is -0.316 e. The molecule has 0 spiro atoms. The molecule has 1 aliphatic heterocycles. The standard InChI is InChI=1S/C12H16FN.C2H6/c13-12(6-8-14-9-7-12)10-11-4-2-1-3-5-11;1-2/h1-5,14H,6-10H2;1-2H3. The van der Waals surface area contributed by atoms with E-state index < -0.39 is 5.67 Å². The van der Waals surface area contributed by atoms with Gasteiger partial charge in [-0.3, -0.25) is 0 Å². The zero-order valence-corrected chi connectivity index (χ0v) is 10.3. The first-order valence-electron chi connectivity index (χ1n) is 6.22. The van der Waals surface area contributed by atoms with Crippen molar-refractivity contribution in [3.63, 3.8) is 0 Å². The lowest BCUT2D eigenvalue weighted by molar-refractivity contribution is 0.116. The first-order chi connectivity index (χ1) is 7.79. The summed E-state index contributed by atoms with van der Waals surface area (Å²) in [6, 6.07) is 9.92. The van der Waals surface area contributed by atoms with E-state index in [1.807, 2.05) is 44.2 Å². The van der Waals surface area contributed by atoms with Gasteiger partial charge in [-0.25, -0.2) is 4.39 Å². The zero-order chi connectivity index (χ0) is 11.9. The Morgan fingerprint density at radius 2 is 1.69 bits per heavy atom. The highest BCUT2D eigenvalue weighted by Gasteiger charge is 2.31. The van der Waals surface area contributed by atoms with Crippen LogP contribution in [-0.2, 0) is 6.42 Å². The number of alkyl halides is 1. The Labute approximate surface area is 98.1 Å². The van der Waals surface area contributed by atoms with Crippen molar-refractivity contribution in [2.24, 2.45) is 0 Å². The second-order valence-corrected chi connectivity index (χ2v) is 4.06. The van der Waals surface area contributed by atoms with Crippen LogP contribution in [0.25, 0.3) is 0 Å². The van der Waals surface area contributed by atoms with E-state index in [0.29, 0.717) is 19.3 Å². The van der Waals surface area contributed by atoms with E-state index in [4.69, 9.17) is 0 Å². The maximum atomic E-state index is 14.2. The van der Waals surface area contributed by atoms with Crippen molar-refractivity contribution < 1.29 is 4.39 Å². The van der Waals surface area contributed by atoms with Gasteiger partial charge in [0, 0.05) is 6.42 Å². The van der Waals surface area contributed by atoms with E-state index in [1.165, 1.54) is 0 Å². The predicted octanol–water partition coefficient (Wildman–Crippen LogP) is 3.35. The van der Waals surface area contributed by atoms with E-state index in [9.17, 15) is 4.39 Å². The van der Waals surface area contributed by atoms with E-state index >= 15 is 0 Å². The molecule has 1 nitrogen and oxygen atoms in total. The fraction of sp³-hybridized carbons (Fsp3) is 0.571. The maximum Gasteiger partial charge on any atom is 0.117 e. The van der Waals surface area contributed by atoms with Gasteiger partial charge in [0.1, 0.15) is 5.67 Å². The third-order valence-corrected chi connectivity index (χ3v) is 2.86. The Kier molecular flexibility index (Phi) is 5.47. The molecule has 1 aromatic carbocycles. The van der Waals surface area contributed by atoms with Gasteiger partial charge in [0.05, 0.1) is 0 Å². The summed E-state index contributed by atoms with van der Waals surface area (Å²) < 4.78 is 14.2. The summed E-state index contributed by atoms with van der Waals surface area (Å²) in [5.41, 5.74) is 0.129. The number of hydrogen-bond acceptors (Lipinski definition) is 1. The summed E-state index contributed by atoms with van der Waals surface area (Å²) >= 11 is 0. The molecule has 1 aliphatic rings. The molecule has 1 saturated heterocycles. The molecule has 0 aromatic heterocycles. The first kappa shape index (κ1) is 13.2. The predicted molar refractivity (Wildman–Crippen MR) is 67.4 cm³/mol. The maximum absolute atomic E-state index is 14.2. The Balaban J connectivity index is 0.000000606. The third-order valence-electron chi connectivity index (χ3n) is 2.86. The normalized spacial score (nSPS) is 18.4. The van der Waals surface area contributed by atoms with E-state index in [2.05, 4.69) is 5.32 Å². The van der Waals surface area contributed by atoms with Gasteiger partial charge in [0.25, 0.3) is 0 Å². The summed E-state index contributed by atoms with van der Waals surface area (Å²) in [6.45, 7) is 5.62. The zero-order valence-electron chi connectivity index (χ0n) is 10.3. The van der Waals surface area contributed by atoms with Crippen molar-refractivity contribution in [2.75, 3.05) is 13.1 Å². The quantitative estimate of drug-likeness (QED) is 0.810. The molecule has 0 aliphatic carbocycles. The fourth-order valence-corrected chi connectivity index (χ4v) is 2.01. The number of benzene rings is 1. The summed E-state index contributed by atoms with van der Waals surface area (Å²) in [4.78, 5) is 0. The molecular formula is C14H22FN. The lowest BCUT2D eigenvalue weighted by atomic mass is 9.88. The molecule has 90 valence electrons. The lowest BCUT2D eigenvalue weighted by Crippen LogP contribution is -2.40. The molecule has 1 fully saturated rings. The van der Waals surface area contributed by atoms with Crippen LogP contribution in [0.2, 0.25) is 0 Å². The molecule has 1 heterocycles. The second kappa shape index (κ2) is 6.64. The minimum absolute atomic E-state index is 0.565. The van der Waals surface area contributed by atoms with Crippen LogP contribution >= 0.6 is 0 Å². The molecule has 0 radical (unpaired) electrons. The summed E-state index contributed by atoms with van der Waals surface area (Å²) in [5, 5.41) is 3.19. The molecule has 2 heteroatoms. The summed E-state index contributed by atoms with van der Waals surface area (Å²) in [6.07, 6.45) is 1.85. The van der Waals surface area contributed by atoms with Crippen molar-refractivity contribution in [1.29, 1.82) is 0 Å². The van der Waals surface area contributed by atoms with Gasteiger partial charge in [-0.15, -0.1) is 0 Å². The van der Waals surface area contributed by atoms with Gasteiger partial charge >= 0.3 is 0 Å². The fourth-order valence-electron chi connectivity index (χ4n) is 2.01. The molecule has 0 bridgehead atoms. The summed E-state index contributed by atoms with van der Waals surface area (Å²) in [7, 11) is 0. The number of halogens is 1. The molecule has 0 amide bonds. The van der Waals surface area contributed by atoms with Gasteiger partial charge in [-0.1, -0.05) is 44.2 Å². The molecular weight excluding hydrogens is 201 g/mol. The molecule has 1 N–H and O–H groups in total. The average Bonchev–Trinajstić information content (AvgIpc) is 2.33. The Hall–Kier alpha value is -0.890. The Morgan fingerprint density at radius 3 is 2.25 bits per heavy atom. The molecule has 0 saturated carbocycles. The molecule has 2 rings (SSSR count). The first-order valence-corrected chi connectivity index (χ1v) is 6.22. The van der Waals surface area contributed by atoms with Crippen LogP contribution in [0, 0.1) is 0 Å². The number of rotatable bonds is 2. The highest BCUT2D eigenvalue weighted by molar-refractivity contribution is 5.17. The van der Waals surface area contributed by atoms with Gasteiger partial charge in [0.2, 0.25) is 0 Å². The molecule has 0 unspecified atom stereocenters. The van der Waals surface area contributed by atoms with Crippen LogP contribution in [0.3, 0.4) is 0 Å². The van der Waals surface area contributed by atoms with Crippen LogP contribution in [-0.4, -0.2) is 18.8 Å². The lowest BCUT2D eigenvalue weighted by Gasteiger charge is -2.30. The van der Waals surface area contributed by atoms with Gasteiger partial charge in [-0.05, 0) is 31.5 Å². The van der Waals surface area contributed by atoms with Crippen LogP contribution in [0.5, 0.6) is 0 Å². The molecule has 1 aromatic rings. The average molecular weight is 223 g/mol. The van der Waals surface area contributed by atoms with Gasteiger partial charge in [0.15, 0.2) is 0 Å². The van der Waals surface area contributed by atoms with Gasteiger partial charge in [-0.2, -0.15) is 0 Å². The van der Waals surface area contributed by atoms with Crippen LogP contribution in [0.15, 0.2) is 30.3 Å². The van der Waals surface area contributed by atoms with Crippen molar-refractivity contribution in [1.82, 2.24) is 5.32 Å². The second-order valence-electron chi connectivity index (χ2n) is 4.06. The Morgan fingerprint density at radius 1 is 1.12 bits per heavy atom. The topological polar surface area (TPSA) is 12.0 Å². The highest BCUT2D eigenvalue weighted by Crippen LogP contribution is 2.27. The van der Waals surface area contributed by atoms with Crippen molar-refractivity contribution in [2.45, 2.75) is 38.8 Å². The molecule has 16 heavy (non-hydrogen) atoms. The third kappa shape index (κ3) is 3.93. The van der Waals surface area contributed by atoms with E-state index in [1.54, 1.807) is 0 Å². The van der Waals surface area contributed by atoms with Crippen molar-refractivity contribution in [3.05, 3.63) is 35.9 Å². The van der Waals surface area contributed by atoms with E-state index in [0.717, 1.165) is 18.7 Å². The number of nitrogens with one attached hydrogen (secondary N) is 1. The number of hydrogen-bond donors (Lipinski definition) is 1. The summed E-state index contributed by atoms with van der Waals surface area (Å²) in [5.74, 6) is 0. The van der Waals surface area contributed by atoms with Crippen LogP contribution in [0.4, 0.5) is 4.39 Å².